The summed E-state index contributed by atoms with van der Waals surface area (Å²) >= 11 is 11.1. The number of phenolic OH excluding ortho intramolecular Hbond substituents is 2. The van der Waals surface area contributed by atoms with Gasteiger partial charge in [0.25, 0.3) is 0 Å². The van der Waals surface area contributed by atoms with Crippen molar-refractivity contribution in [3.63, 3.8) is 0 Å². The van der Waals surface area contributed by atoms with E-state index in [0.29, 0.717) is 24.3 Å². The first-order valence-electron chi connectivity index (χ1n) is 6.65. The van der Waals surface area contributed by atoms with E-state index in [1.807, 2.05) is 0 Å². The summed E-state index contributed by atoms with van der Waals surface area (Å²) in [6.07, 6.45) is -11.6. The molecule has 0 unspecified atom stereocenters. The predicted molar refractivity (Wildman–Crippen MR) is 99.9 cm³/mol. The van der Waals surface area contributed by atoms with Gasteiger partial charge < -0.3 is 10.2 Å². The third kappa shape index (κ3) is 3.74. The number of alkyl halides is 6. The van der Waals surface area contributed by atoms with Crippen molar-refractivity contribution in [1.82, 2.24) is 0 Å². The monoisotopic (exact) mass is 648 g/mol. The molecule has 12 heteroatoms. The molecule has 0 saturated heterocycles. The minimum Gasteiger partial charge on any atom is -0.506 e. The number of rotatable bonds is 2. The molecule has 0 aliphatic carbocycles. The highest BCUT2D eigenvalue weighted by molar-refractivity contribution is 9.11. The van der Waals surface area contributed by atoms with E-state index in [0.717, 1.165) is 0 Å². The Hall–Kier alpha value is -0.460. The zero-order chi connectivity index (χ0) is 20.9. The first kappa shape index (κ1) is 22.8. The van der Waals surface area contributed by atoms with E-state index in [4.69, 9.17) is 0 Å². The van der Waals surface area contributed by atoms with Crippen LogP contribution < -0.4 is 0 Å². The average molecular weight is 652 g/mol. The highest BCUT2D eigenvalue weighted by Crippen LogP contribution is 2.58. The molecule has 148 valence electrons. The van der Waals surface area contributed by atoms with Crippen LogP contribution in [0.3, 0.4) is 0 Å². The van der Waals surface area contributed by atoms with Crippen molar-refractivity contribution in [2.75, 3.05) is 0 Å². The Kier molecular flexibility index (Phi) is 6.27. The SMILES string of the molecule is Oc1c(Br)cc(C(c2cc(Br)c(O)c(Br)c2)(C(F)(F)F)C(F)(F)F)cc1Br. The van der Waals surface area contributed by atoms with Gasteiger partial charge >= 0.3 is 12.4 Å². The standard InChI is InChI=1S/C15H6Br4F6O2/c16-7-1-5(2-8(17)11(7)26)13(14(20,21)22,15(23,24)25)6-3-9(18)12(27)10(19)4-6/h1-4,26-27H. The fraction of sp³-hybridized carbons (Fsp3) is 0.200. The van der Waals surface area contributed by atoms with Gasteiger partial charge in [-0.3, -0.25) is 0 Å². The van der Waals surface area contributed by atoms with Crippen LogP contribution in [-0.4, -0.2) is 22.6 Å². The van der Waals surface area contributed by atoms with Gasteiger partial charge in [-0.05, 0) is 99.1 Å². The van der Waals surface area contributed by atoms with Gasteiger partial charge in [0.2, 0.25) is 5.41 Å². The summed E-state index contributed by atoms with van der Waals surface area (Å²) in [5, 5.41) is 19.4. The quantitative estimate of drug-likeness (QED) is 0.329. The molecule has 0 spiro atoms. The van der Waals surface area contributed by atoms with E-state index in [1.54, 1.807) is 0 Å². The van der Waals surface area contributed by atoms with Crippen LogP contribution in [0.5, 0.6) is 11.5 Å². The molecule has 0 amide bonds. The Bertz CT molecular complexity index is 775. The third-order valence-corrected chi connectivity index (χ3v) is 6.17. The first-order valence-corrected chi connectivity index (χ1v) is 9.82. The molecule has 0 radical (unpaired) electrons. The van der Waals surface area contributed by atoms with E-state index in [2.05, 4.69) is 63.7 Å². The maximum absolute atomic E-state index is 14.1. The van der Waals surface area contributed by atoms with Crippen molar-refractivity contribution >= 4 is 63.7 Å². The minimum absolute atomic E-state index is 0.360. The number of hydrogen-bond donors (Lipinski definition) is 2. The van der Waals surface area contributed by atoms with E-state index in [1.165, 1.54) is 0 Å². The van der Waals surface area contributed by atoms with Crippen LogP contribution in [0.2, 0.25) is 0 Å². The van der Waals surface area contributed by atoms with Crippen LogP contribution >= 0.6 is 63.7 Å². The van der Waals surface area contributed by atoms with Crippen LogP contribution in [0.4, 0.5) is 26.3 Å². The van der Waals surface area contributed by atoms with Gasteiger partial charge in [-0.25, -0.2) is 0 Å². The Balaban J connectivity index is 3.06. The fourth-order valence-electron chi connectivity index (χ4n) is 2.55. The molecule has 0 aliphatic rings. The third-order valence-electron chi connectivity index (χ3n) is 3.75. The van der Waals surface area contributed by atoms with Crippen molar-refractivity contribution in [2.24, 2.45) is 0 Å². The maximum Gasteiger partial charge on any atom is 0.411 e. The van der Waals surface area contributed by atoms with Gasteiger partial charge in [-0.2, -0.15) is 26.3 Å². The number of aromatic hydroxyl groups is 2. The summed E-state index contributed by atoms with van der Waals surface area (Å²) in [4.78, 5) is 0. The second kappa shape index (κ2) is 7.42. The van der Waals surface area contributed by atoms with Crippen molar-refractivity contribution in [2.45, 2.75) is 17.8 Å². The van der Waals surface area contributed by atoms with E-state index in [-0.39, 0.29) is 17.9 Å². The molecule has 2 aromatic rings. The van der Waals surface area contributed by atoms with Crippen molar-refractivity contribution in [3.05, 3.63) is 53.3 Å². The minimum atomic E-state index is -5.81. The van der Waals surface area contributed by atoms with E-state index >= 15 is 0 Å². The molecule has 2 nitrogen and oxygen atoms in total. The van der Waals surface area contributed by atoms with Gasteiger partial charge in [0, 0.05) is 0 Å². The molecular formula is C15H6Br4F6O2. The van der Waals surface area contributed by atoms with Gasteiger partial charge in [0.05, 0.1) is 17.9 Å². The van der Waals surface area contributed by atoms with Crippen LogP contribution in [-0.2, 0) is 5.41 Å². The Morgan fingerprint density at radius 3 is 0.963 bits per heavy atom. The zero-order valence-electron chi connectivity index (χ0n) is 12.5. The van der Waals surface area contributed by atoms with Gasteiger partial charge in [0.15, 0.2) is 0 Å². The molecule has 0 heterocycles. The molecule has 2 N–H and O–H groups in total. The summed E-state index contributed by atoms with van der Waals surface area (Å²) in [5.41, 5.74) is -6.79. The van der Waals surface area contributed by atoms with Crippen LogP contribution in [0.1, 0.15) is 11.1 Å². The van der Waals surface area contributed by atoms with Gasteiger partial charge in [-0.1, -0.05) is 0 Å². The van der Waals surface area contributed by atoms with Gasteiger partial charge in [-0.15, -0.1) is 0 Å². The van der Waals surface area contributed by atoms with Crippen LogP contribution in [0.25, 0.3) is 0 Å². The lowest BCUT2D eigenvalue weighted by molar-refractivity contribution is -0.288. The molecule has 27 heavy (non-hydrogen) atoms. The first-order chi connectivity index (χ1) is 12.1. The Morgan fingerprint density at radius 2 is 0.778 bits per heavy atom. The lowest BCUT2D eigenvalue weighted by Gasteiger charge is -2.38. The topological polar surface area (TPSA) is 40.5 Å². The molecule has 0 fully saturated rings. The van der Waals surface area contributed by atoms with Crippen LogP contribution in [0.15, 0.2) is 42.2 Å². The van der Waals surface area contributed by atoms with E-state index < -0.39 is 40.4 Å². The molecule has 0 aromatic heterocycles. The zero-order valence-corrected chi connectivity index (χ0v) is 18.8. The molecule has 0 atom stereocenters. The number of hydrogen-bond acceptors (Lipinski definition) is 2. The molecule has 2 aromatic carbocycles. The molecule has 2 rings (SSSR count). The smallest absolute Gasteiger partial charge is 0.411 e. The summed E-state index contributed by atoms with van der Waals surface area (Å²) in [6, 6.07) is 2.21. The number of phenols is 2. The molecule has 0 aliphatic heterocycles. The Labute approximate surface area is 182 Å². The second-order valence-electron chi connectivity index (χ2n) is 5.32. The maximum atomic E-state index is 14.1. The van der Waals surface area contributed by atoms with Crippen LogP contribution in [0, 0.1) is 0 Å². The lowest BCUT2D eigenvalue weighted by Crippen LogP contribution is -2.54. The molecular weight excluding hydrogens is 646 g/mol. The van der Waals surface area contributed by atoms with Crippen molar-refractivity contribution in [3.8, 4) is 11.5 Å². The highest BCUT2D eigenvalue weighted by atomic mass is 79.9. The number of halogens is 10. The molecule has 0 bridgehead atoms. The van der Waals surface area contributed by atoms with E-state index in [9.17, 15) is 36.6 Å². The predicted octanol–water partition coefficient (Wildman–Crippen LogP) is 7.56. The Morgan fingerprint density at radius 1 is 0.556 bits per heavy atom. The summed E-state index contributed by atoms with van der Waals surface area (Å²) in [5.74, 6) is -1.10. The van der Waals surface area contributed by atoms with Crippen molar-refractivity contribution < 1.29 is 36.6 Å². The fourth-order valence-corrected chi connectivity index (χ4v) is 4.92. The summed E-state index contributed by atoms with van der Waals surface area (Å²) in [7, 11) is 0. The summed E-state index contributed by atoms with van der Waals surface area (Å²) in [6.45, 7) is 0. The van der Waals surface area contributed by atoms with Crippen molar-refractivity contribution in [1.29, 1.82) is 0 Å². The normalized spacial score (nSPS) is 13.1. The highest BCUT2D eigenvalue weighted by Gasteiger charge is 2.72. The number of benzene rings is 2. The van der Waals surface area contributed by atoms with Gasteiger partial charge in [0.1, 0.15) is 11.5 Å². The molecule has 0 saturated carbocycles. The second-order valence-corrected chi connectivity index (χ2v) is 8.74. The summed E-state index contributed by atoms with van der Waals surface area (Å²) < 4.78 is 82.9. The largest absolute Gasteiger partial charge is 0.506 e. The average Bonchev–Trinajstić information content (AvgIpc) is 2.47. The lowest BCUT2D eigenvalue weighted by atomic mass is 9.73.